The molecule has 1 aliphatic heterocycles. The molecule has 0 saturated carbocycles. The molecule has 0 atom stereocenters. The summed E-state index contributed by atoms with van der Waals surface area (Å²) in [6, 6.07) is 7.27. The van der Waals surface area contributed by atoms with Gasteiger partial charge in [-0.2, -0.15) is 4.31 Å². The first-order chi connectivity index (χ1) is 13.8. The second-order valence-electron chi connectivity index (χ2n) is 6.28. The molecule has 2 heterocycles. The van der Waals surface area contributed by atoms with E-state index in [9.17, 15) is 18.0 Å². The topological polar surface area (TPSA) is 118 Å². The van der Waals surface area contributed by atoms with Gasteiger partial charge in [0.2, 0.25) is 10.0 Å². The summed E-state index contributed by atoms with van der Waals surface area (Å²) < 4.78 is 32.0. The van der Waals surface area contributed by atoms with Crippen molar-refractivity contribution in [1.82, 2.24) is 9.29 Å². The molecule has 3 rings (SSSR count). The van der Waals surface area contributed by atoms with Crippen LogP contribution in [0.2, 0.25) is 5.02 Å². The number of aryl methyl sites for hydroxylation is 1. The van der Waals surface area contributed by atoms with Gasteiger partial charge in [-0.15, -0.1) is 0 Å². The lowest BCUT2D eigenvalue weighted by atomic mass is 10.3. The van der Waals surface area contributed by atoms with E-state index in [0.717, 1.165) is 5.56 Å². The number of hydrogen-bond donors (Lipinski definition) is 2. The average Bonchev–Trinajstić information content (AvgIpc) is 2.70. The van der Waals surface area contributed by atoms with Gasteiger partial charge in [0.25, 0.3) is 0 Å². The van der Waals surface area contributed by atoms with Crippen molar-refractivity contribution in [2.45, 2.75) is 11.8 Å². The highest BCUT2D eigenvalue weighted by atomic mass is 35.5. The van der Waals surface area contributed by atoms with E-state index >= 15 is 0 Å². The van der Waals surface area contributed by atoms with E-state index < -0.39 is 21.8 Å². The highest BCUT2D eigenvalue weighted by Gasteiger charge is 2.27. The number of morpholine rings is 1. The number of nitrogens with one attached hydrogen (secondary N) is 2. The van der Waals surface area contributed by atoms with Crippen molar-refractivity contribution in [2.75, 3.05) is 36.9 Å². The number of benzene rings is 1. The summed E-state index contributed by atoms with van der Waals surface area (Å²) >= 11 is 6.07. The number of pyridine rings is 1. The number of carbonyl (C=O) groups excluding carboxylic acids is 2. The summed E-state index contributed by atoms with van der Waals surface area (Å²) in [5.41, 5.74) is 0.873. The molecule has 0 spiro atoms. The van der Waals surface area contributed by atoms with Crippen molar-refractivity contribution in [3.63, 3.8) is 0 Å². The first-order valence-electron chi connectivity index (χ1n) is 8.70. The molecule has 2 amide bonds. The molecule has 1 fully saturated rings. The van der Waals surface area contributed by atoms with Crippen molar-refractivity contribution in [3.8, 4) is 0 Å². The Bertz CT molecular complexity index is 1040. The molecule has 29 heavy (non-hydrogen) atoms. The van der Waals surface area contributed by atoms with Gasteiger partial charge in [0.15, 0.2) is 0 Å². The summed E-state index contributed by atoms with van der Waals surface area (Å²) in [5, 5.41) is 4.81. The standard InChI is InChI=1S/C18H19ClN4O5S/c1-12-4-5-20-16(10-12)22-18(25)17(24)21-15-11-13(2-3-14(15)19)29(26,27)23-6-8-28-9-7-23/h2-5,10-11H,6-9H2,1H3,(H,21,24)(H,20,22,25). The fourth-order valence-electron chi connectivity index (χ4n) is 2.65. The minimum atomic E-state index is -3.78. The summed E-state index contributed by atoms with van der Waals surface area (Å²) in [5.74, 6) is -1.74. The SMILES string of the molecule is Cc1ccnc(NC(=O)C(=O)Nc2cc(S(=O)(=O)N3CCOCC3)ccc2Cl)c1. The van der Waals surface area contributed by atoms with Crippen LogP contribution in [0.15, 0.2) is 41.4 Å². The average molecular weight is 439 g/mol. The number of aromatic nitrogens is 1. The van der Waals surface area contributed by atoms with Crippen LogP contribution < -0.4 is 10.6 Å². The predicted molar refractivity (Wildman–Crippen MR) is 107 cm³/mol. The van der Waals surface area contributed by atoms with Gasteiger partial charge in [-0.25, -0.2) is 13.4 Å². The molecule has 2 N–H and O–H groups in total. The van der Waals surface area contributed by atoms with E-state index in [4.69, 9.17) is 16.3 Å². The van der Waals surface area contributed by atoms with Crippen molar-refractivity contribution < 1.29 is 22.7 Å². The van der Waals surface area contributed by atoms with E-state index in [0.29, 0.717) is 13.2 Å². The Hall–Kier alpha value is -2.53. The van der Waals surface area contributed by atoms with Crippen LogP contribution in [-0.4, -0.2) is 55.8 Å². The van der Waals surface area contributed by atoms with Gasteiger partial charge in [-0.1, -0.05) is 11.6 Å². The number of hydrogen-bond acceptors (Lipinski definition) is 6. The van der Waals surface area contributed by atoms with Crippen LogP contribution in [0.3, 0.4) is 0 Å². The maximum Gasteiger partial charge on any atom is 0.315 e. The molecule has 1 saturated heterocycles. The molecule has 0 bridgehead atoms. The molecule has 1 aromatic carbocycles. The zero-order valence-corrected chi connectivity index (χ0v) is 17.1. The minimum absolute atomic E-state index is 0.0124. The smallest absolute Gasteiger partial charge is 0.315 e. The Balaban J connectivity index is 1.75. The maximum atomic E-state index is 12.8. The van der Waals surface area contributed by atoms with E-state index in [1.54, 1.807) is 12.1 Å². The molecule has 11 heteroatoms. The van der Waals surface area contributed by atoms with Gasteiger partial charge < -0.3 is 15.4 Å². The lowest BCUT2D eigenvalue weighted by Gasteiger charge is -2.26. The lowest BCUT2D eigenvalue weighted by Crippen LogP contribution is -2.40. The van der Waals surface area contributed by atoms with Crippen LogP contribution >= 0.6 is 11.6 Å². The number of halogens is 1. The Kier molecular flexibility index (Phi) is 6.48. The largest absolute Gasteiger partial charge is 0.379 e. The third-order valence-corrected chi connectivity index (χ3v) is 6.38. The first kappa shape index (κ1) is 21.2. The normalized spacial score (nSPS) is 15.0. The number of nitrogens with zero attached hydrogens (tertiary/aromatic N) is 2. The number of amides is 2. The zero-order chi connectivity index (χ0) is 21.0. The number of sulfonamides is 1. The molecular weight excluding hydrogens is 420 g/mol. The molecule has 2 aromatic rings. The Morgan fingerprint density at radius 1 is 1.10 bits per heavy atom. The van der Waals surface area contributed by atoms with Crippen LogP contribution in [0, 0.1) is 6.92 Å². The van der Waals surface area contributed by atoms with Crippen molar-refractivity contribution in [1.29, 1.82) is 0 Å². The first-order valence-corrected chi connectivity index (χ1v) is 10.5. The summed E-state index contributed by atoms with van der Waals surface area (Å²) in [4.78, 5) is 28.3. The highest BCUT2D eigenvalue weighted by molar-refractivity contribution is 7.89. The molecular formula is C18H19ClN4O5S. The molecule has 1 aromatic heterocycles. The lowest BCUT2D eigenvalue weighted by molar-refractivity contribution is -0.133. The zero-order valence-electron chi connectivity index (χ0n) is 15.5. The Morgan fingerprint density at radius 2 is 1.79 bits per heavy atom. The van der Waals surface area contributed by atoms with Crippen LogP contribution in [0.1, 0.15) is 5.56 Å². The summed E-state index contributed by atoms with van der Waals surface area (Å²) in [6.45, 7) is 2.90. The quantitative estimate of drug-likeness (QED) is 0.701. The second-order valence-corrected chi connectivity index (χ2v) is 8.63. The third-order valence-electron chi connectivity index (χ3n) is 4.16. The second kappa shape index (κ2) is 8.87. The summed E-state index contributed by atoms with van der Waals surface area (Å²) in [6.07, 6.45) is 1.50. The van der Waals surface area contributed by atoms with Crippen molar-refractivity contribution >= 4 is 44.9 Å². The van der Waals surface area contributed by atoms with Gasteiger partial charge in [0.05, 0.1) is 28.8 Å². The van der Waals surface area contributed by atoms with E-state index in [1.807, 2.05) is 6.92 Å². The van der Waals surface area contributed by atoms with Gasteiger partial charge in [0.1, 0.15) is 5.82 Å². The molecule has 9 nitrogen and oxygen atoms in total. The molecule has 1 aliphatic rings. The van der Waals surface area contributed by atoms with Gasteiger partial charge in [-0.3, -0.25) is 9.59 Å². The minimum Gasteiger partial charge on any atom is -0.379 e. The van der Waals surface area contributed by atoms with Crippen LogP contribution in [0.4, 0.5) is 11.5 Å². The highest BCUT2D eigenvalue weighted by Crippen LogP contribution is 2.27. The van der Waals surface area contributed by atoms with Gasteiger partial charge in [0, 0.05) is 19.3 Å². The van der Waals surface area contributed by atoms with E-state index in [1.165, 1.54) is 28.7 Å². The summed E-state index contributed by atoms with van der Waals surface area (Å²) in [7, 11) is -3.78. The van der Waals surface area contributed by atoms with Crippen molar-refractivity contribution in [3.05, 3.63) is 47.1 Å². The molecule has 0 unspecified atom stereocenters. The van der Waals surface area contributed by atoms with Crippen LogP contribution in [-0.2, 0) is 24.3 Å². The Morgan fingerprint density at radius 3 is 2.48 bits per heavy atom. The monoisotopic (exact) mass is 438 g/mol. The number of rotatable bonds is 4. The van der Waals surface area contributed by atoms with Gasteiger partial charge >= 0.3 is 11.8 Å². The fourth-order valence-corrected chi connectivity index (χ4v) is 4.25. The van der Waals surface area contributed by atoms with Crippen molar-refractivity contribution in [2.24, 2.45) is 0 Å². The number of anilines is 2. The van der Waals surface area contributed by atoms with Gasteiger partial charge in [-0.05, 0) is 42.8 Å². The number of carbonyl (C=O) groups is 2. The molecule has 0 radical (unpaired) electrons. The number of ether oxygens (including phenoxy) is 1. The van der Waals surface area contributed by atoms with E-state index in [-0.39, 0.29) is 34.5 Å². The predicted octanol–water partition coefficient (Wildman–Crippen LogP) is 1.64. The fraction of sp³-hybridized carbons (Fsp3) is 0.278. The maximum absolute atomic E-state index is 12.8. The van der Waals surface area contributed by atoms with Crippen LogP contribution in [0.5, 0.6) is 0 Å². The molecule has 154 valence electrons. The third kappa shape index (κ3) is 5.10. The Labute approximate surface area is 173 Å². The molecule has 0 aliphatic carbocycles. The van der Waals surface area contributed by atoms with Crippen LogP contribution in [0.25, 0.3) is 0 Å². The van der Waals surface area contributed by atoms with E-state index in [2.05, 4.69) is 15.6 Å².